The van der Waals surface area contributed by atoms with Crippen molar-refractivity contribution in [3.63, 3.8) is 0 Å². The summed E-state index contributed by atoms with van der Waals surface area (Å²) < 4.78 is 11.1. The third-order valence-electron chi connectivity index (χ3n) is 3.27. The first kappa shape index (κ1) is 19.1. The predicted octanol–water partition coefficient (Wildman–Crippen LogP) is 4.61. The summed E-state index contributed by atoms with van der Waals surface area (Å²) in [6, 6.07) is 9.52. The number of carbonyl (C=O) groups excluding carboxylic acids is 2. The third kappa shape index (κ3) is 5.11. The fourth-order valence-corrected chi connectivity index (χ4v) is 2.49. The zero-order valence-electron chi connectivity index (χ0n) is 13.7. The van der Waals surface area contributed by atoms with Gasteiger partial charge in [0.25, 0.3) is 5.91 Å². The zero-order valence-corrected chi connectivity index (χ0v) is 15.2. The number of nitrogens with one attached hydrogen (secondary N) is 1. The van der Waals surface area contributed by atoms with Crippen molar-refractivity contribution in [2.75, 3.05) is 11.9 Å². The number of carbonyl (C=O) groups is 2. The van der Waals surface area contributed by atoms with E-state index in [1.165, 1.54) is 6.07 Å². The number of amides is 1. The summed E-state index contributed by atoms with van der Waals surface area (Å²) in [5, 5.41) is 3.49. The molecule has 0 aliphatic carbocycles. The van der Waals surface area contributed by atoms with Crippen molar-refractivity contribution >= 4 is 41.1 Å². The molecule has 0 aromatic heterocycles. The van der Waals surface area contributed by atoms with E-state index in [4.69, 9.17) is 32.7 Å². The minimum absolute atomic E-state index is 0.332. The molecule has 0 heterocycles. The van der Waals surface area contributed by atoms with Crippen molar-refractivity contribution in [2.24, 2.45) is 0 Å². The molecule has 0 fully saturated rings. The SMILES string of the molecule is CCOc1cc(C=O)ccc1O[C@@H](C)C(=O)Nc1ccc(Cl)cc1Cl. The molecule has 7 heteroatoms. The minimum Gasteiger partial charge on any atom is -0.490 e. The highest BCUT2D eigenvalue weighted by atomic mass is 35.5. The maximum atomic E-state index is 12.3. The lowest BCUT2D eigenvalue weighted by atomic mass is 10.2. The fourth-order valence-electron chi connectivity index (χ4n) is 2.03. The van der Waals surface area contributed by atoms with E-state index in [0.717, 1.165) is 0 Å². The van der Waals surface area contributed by atoms with Gasteiger partial charge >= 0.3 is 0 Å². The Morgan fingerprint density at radius 1 is 1.20 bits per heavy atom. The van der Waals surface area contributed by atoms with Crippen molar-refractivity contribution in [2.45, 2.75) is 20.0 Å². The Balaban J connectivity index is 2.11. The van der Waals surface area contributed by atoms with Crippen LogP contribution in [0, 0.1) is 0 Å². The van der Waals surface area contributed by atoms with E-state index in [2.05, 4.69) is 5.32 Å². The van der Waals surface area contributed by atoms with Gasteiger partial charge in [0, 0.05) is 10.6 Å². The van der Waals surface area contributed by atoms with Crippen molar-refractivity contribution in [1.29, 1.82) is 0 Å². The summed E-state index contributed by atoms with van der Waals surface area (Å²) in [7, 11) is 0. The monoisotopic (exact) mass is 381 g/mol. The molecular formula is C18H17Cl2NO4. The lowest BCUT2D eigenvalue weighted by Crippen LogP contribution is -2.30. The third-order valence-corrected chi connectivity index (χ3v) is 3.81. The van der Waals surface area contributed by atoms with Gasteiger partial charge in [-0.2, -0.15) is 0 Å². The molecule has 5 nitrogen and oxygen atoms in total. The Morgan fingerprint density at radius 2 is 1.96 bits per heavy atom. The summed E-state index contributed by atoms with van der Waals surface area (Å²) in [6.45, 7) is 3.82. The van der Waals surface area contributed by atoms with Crippen molar-refractivity contribution < 1.29 is 19.1 Å². The maximum absolute atomic E-state index is 12.3. The molecule has 2 aromatic carbocycles. The highest BCUT2D eigenvalue weighted by molar-refractivity contribution is 6.36. The number of aldehydes is 1. The van der Waals surface area contributed by atoms with Crippen LogP contribution in [0.4, 0.5) is 5.69 Å². The minimum atomic E-state index is -0.812. The summed E-state index contributed by atoms with van der Waals surface area (Å²) >= 11 is 11.9. The number of hydrogen-bond donors (Lipinski definition) is 1. The summed E-state index contributed by atoms with van der Waals surface area (Å²) in [6.07, 6.45) is -0.0987. The van der Waals surface area contributed by atoms with Gasteiger partial charge in [-0.1, -0.05) is 23.2 Å². The molecule has 1 N–H and O–H groups in total. The van der Waals surface area contributed by atoms with Crippen LogP contribution < -0.4 is 14.8 Å². The first-order valence-electron chi connectivity index (χ1n) is 7.59. The number of hydrogen-bond acceptors (Lipinski definition) is 4. The van der Waals surface area contributed by atoms with Crippen molar-refractivity contribution in [3.8, 4) is 11.5 Å². The van der Waals surface area contributed by atoms with Crippen LogP contribution in [-0.4, -0.2) is 24.9 Å². The van der Waals surface area contributed by atoms with Crippen LogP contribution in [0.15, 0.2) is 36.4 Å². The molecule has 0 unspecified atom stereocenters. The lowest BCUT2D eigenvalue weighted by molar-refractivity contribution is -0.122. The van der Waals surface area contributed by atoms with Gasteiger partial charge in [0.1, 0.15) is 6.29 Å². The second kappa shape index (κ2) is 8.74. The maximum Gasteiger partial charge on any atom is 0.265 e. The highest BCUT2D eigenvalue weighted by Crippen LogP contribution is 2.30. The average molecular weight is 382 g/mol. The summed E-state index contributed by atoms with van der Waals surface area (Å²) in [5.74, 6) is 0.389. The standard InChI is InChI=1S/C18H17Cl2NO4/c1-3-24-17-8-12(10-22)4-7-16(17)25-11(2)18(23)21-15-6-5-13(19)9-14(15)20/h4-11H,3H2,1-2H3,(H,21,23)/t11-/m0/s1. The normalized spacial score (nSPS) is 11.5. The van der Waals surface area contributed by atoms with E-state index in [1.54, 1.807) is 37.3 Å². The van der Waals surface area contributed by atoms with E-state index >= 15 is 0 Å². The van der Waals surface area contributed by atoms with Gasteiger partial charge < -0.3 is 14.8 Å². The van der Waals surface area contributed by atoms with Gasteiger partial charge in [-0.25, -0.2) is 0 Å². The molecule has 132 valence electrons. The van der Waals surface area contributed by atoms with E-state index < -0.39 is 6.10 Å². The van der Waals surface area contributed by atoms with Crippen LogP contribution in [0.5, 0.6) is 11.5 Å². The Kier molecular flexibility index (Phi) is 6.67. The van der Waals surface area contributed by atoms with Gasteiger partial charge in [0.05, 0.1) is 17.3 Å². The fraction of sp³-hybridized carbons (Fsp3) is 0.222. The Morgan fingerprint density at radius 3 is 2.60 bits per heavy atom. The highest BCUT2D eigenvalue weighted by Gasteiger charge is 2.18. The quantitative estimate of drug-likeness (QED) is 0.711. The number of benzene rings is 2. The largest absolute Gasteiger partial charge is 0.490 e. The summed E-state index contributed by atoms with van der Waals surface area (Å²) in [5.41, 5.74) is 0.897. The van der Waals surface area contributed by atoms with Crippen LogP contribution in [0.3, 0.4) is 0 Å². The Hall–Kier alpha value is -2.24. The zero-order chi connectivity index (χ0) is 18.4. The first-order chi connectivity index (χ1) is 11.9. The number of ether oxygens (including phenoxy) is 2. The second-order valence-corrected chi connectivity index (χ2v) is 5.97. The topological polar surface area (TPSA) is 64.6 Å². The average Bonchev–Trinajstić information content (AvgIpc) is 2.59. The number of rotatable bonds is 7. The van der Waals surface area contributed by atoms with Gasteiger partial charge in [0.2, 0.25) is 0 Å². The predicted molar refractivity (Wildman–Crippen MR) is 98.2 cm³/mol. The Labute approximate surface area is 155 Å². The molecule has 0 spiro atoms. The lowest BCUT2D eigenvalue weighted by Gasteiger charge is -2.18. The van der Waals surface area contributed by atoms with Crippen molar-refractivity contribution in [3.05, 3.63) is 52.0 Å². The molecule has 25 heavy (non-hydrogen) atoms. The molecule has 0 radical (unpaired) electrons. The molecule has 0 aliphatic heterocycles. The molecule has 1 atom stereocenters. The number of anilines is 1. The van der Waals surface area contributed by atoms with Gasteiger partial charge in [-0.3, -0.25) is 9.59 Å². The van der Waals surface area contributed by atoms with E-state index in [9.17, 15) is 9.59 Å². The van der Waals surface area contributed by atoms with Crippen LogP contribution in [-0.2, 0) is 4.79 Å². The van der Waals surface area contributed by atoms with Crippen molar-refractivity contribution in [1.82, 2.24) is 0 Å². The molecule has 2 rings (SSSR count). The van der Waals surface area contributed by atoms with E-state index in [0.29, 0.717) is 45.7 Å². The summed E-state index contributed by atoms with van der Waals surface area (Å²) in [4.78, 5) is 23.2. The van der Waals surface area contributed by atoms with Crippen LogP contribution >= 0.6 is 23.2 Å². The van der Waals surface area contributed by atoms with Gasteiger partial charge in [-0.15, -0.1) is 0 Å². The molecule has 0 saturated heterocycles. The first-order valence-corrected chi connectivity index (χ1v) is 8.34. The van der Waals surface area contributed by atoms with Crippen LogP contribution in [0.1, 0.15) is 24.2 Å². The molecule has 0 aliphatic rings. The van der Waals surface area contributed by atoms with Gasteiger partial charge in [-0.05, 0) is 50.2 Å². The molecule has 0 saturated carbocycles. The second-order valence-electron chi connectivity index (χ2n) is 5.13. The van der Waals surface area contributed by atoms with E-state index in [1.807, 2.05) is 6.92 Å². The van der Waals surface area contributed by atoms with Crippen LogP contribution in [0.25, 0.3) is 0 Å². The number of halogens is 2. The Bertz CT molecular complexity index is 780. The van der Waals surface area contributed by atoms with Gasteiger partial charge in [0.15, 0.2) is 17.6 Å². The smallest absolute Gasteiger partial charge is 0.265 e. The van der Waals surface area contributed by atoms with E-state index in [-0.39, 0.29) is 5.91 Å². The molecule has 0 bridgehead atoms. The molecule has 1 amide bonds. The van der Waals surface area contributed by atoms with Crippen LogP contribution in [0.2, 0.25) is 10.0 Å². The molecular weight excluding hydrogens is 365 g/mol. The molecule has 2 aromatic rings.